The Morgan fingerprint density at radius 2 is 2.07 bits per heavy atom. The van der Waals surface area contributed by atoms with Gasteiger partial charge in [0.2, 0.25) is 11.7 Å². The minimum absolute atomic E-state index is 0. The third-order valence-electron chi connectivity index (χ3n) is 5.75. The van der Waals surface area contributed by atoms with Crippen LogP contribution in [0.25, 0.3) is 11.4 Å². The Hall–Kier alpha value is -2.44. The van der Waals surface area contributed by atoms with Crippen LogP contribution in [0.5, 0.6) is 5.75 Å². The number of halogens is 1. The molecule has 2 aromatic heterocycles. The molecule has 1 atom stereocenters. The molecule has 1 saturated heterocycles. The molecule has 3 heterocycles. The average Bonchev–Trinajstić information content (AvgIpc) is 3.18. The van der Waals surface area contributed by atoms with E-state index in [0.717, 1.165) is 35.9 Å². The molecule has 1 saturated carbocycles. The lowest BCUT2D eigenvalue weighted by Gasteiger charge is -2.22. The summed E-state index contributed by atoms with van der Waals surface area (Å²) < 4.78 is 11.5. The number of hydrogen-bond acceptors (Lipinski definition) is 6. The van der Waals surface area contributed by atoms with Gasteiger partial charge in [-0.05, 0) is 56.0 Å². The largest absolute Gasteiger partial charge is 0.489 e. The lowest BCUT2D eigenvalue weighted by atomic mass is 9.92. The van der Waals surface area contributed by atoms with E-state index in [1.54, 1.807) is 6.20 Å². The van der Waals surface area contributed by atoms with E-state index in [0.29, 0.717) is 23.8 Å². The molecular weight excluding hydrogens is 376 g/mol. The van der Waals surface area contributed by atoms with Gasteiger partial charge in [0.05, 0.1) is 0 Å². The molecule has 0 radical (unpaired) electrons. The van der Waals surface area contributed by atoms with Crippen molar-refractivity contribution in [2.75, 3.05) is 13.1 Å². The summed E-state index contributed by atoms with van der Waals surface area (Å²) in [6, 6.07) is 11.7. The van der Waals surface area contributed by atoms with Crippen molar-refractivity contribution in [2.45, 2.75) is 31.8 Å². The summed E-state index contributed by atoms with van der Waals surface area (Å²) in [5, 5.41) is 7.65. The molecular formula is C21H23ClN4O2. The normalized spacial score (nSPS) is 19.8. The summed E-state index contributed by atoms with van der Waals surface area (Å²) in [5.41, 5.74) is 2.34. The van der Waals surface area contributed by atoms with Crippen LogP contribution in [0.15, 0.2) is 53.3 Å². The molecule has 0 amide bonds. The zero-order chi connectivity index (χ0) is 18.1. The number of nitrogens with zero attached hydrogens (tertiary/aromatic N) is 3. The molecule has 2 fully saturated rings. The van der Waals surface area contributed by atoms with E-state index in [2.05, 4.69) is 20.4 Å². The first-order valence-electron chi connectivity index (χ1n) is 9.49. The predicted octanol–water partition coefficient (Wildman–Crippen LogP) is 3.99. The molecule has 5 rings (SSSR count). The minimum atomic E-state index is 0. The first-order chi connectivity index (χ1) is 13.3. The fourth-order valence-corrected chi connectivity index (χ4v) is 4.04. The third kappa shape index (κ3) is 3.75. The van der Waals surface area contributed by atoms with E-state index in [1.165, 1.54) is 19.3 Å². The monoisotopic (exact) mass is 398 g/mol. The number of piperidine rings is 1. The lowest BCUT2D eigenvalue weighted by Crippen LogP contribution is -2.29. The van der Waals surface area contributed by atoms with Crippen molar-refractivity contribution in [2.24, 2.45) is 5.41 Å². The van der Waals surface area contributed by atoms with Crippen molar-refractivity contribution in [1.29, 1.82) is 0 Å². The van der Waals surface area contributed by atoms with Crippen LogP contribution in [-0.2, 0) is 6.61 Å². The van der Waals surface area contributed by atoms with Gasteiger partial charge in [0.15, 0.2) is 0 Å². The topological polar surface area (TPSA) is 73.1 Å². The molecule has 1 spiro atoms. The van der Waals surface area contributed by atoms with E-state index < -0.39 is 0 Å². The Morgan fingerprint density at radius 3 is 2.89 bits per heavy atom. The van der Waals surface area contributed by atoms with E-state index in [1.807, 2.05) is 42.6 Å². The van der Waals surface area contributed by atoms with Gasteiger partial charge in [0.1, 0.15) is 12.4 Å². The van der Waals surface area contributed by atoms with Gasteiger partial charge < -0.3 is 14.6 Å². The van der Waals surface area contributed by atoms with Crippen LogP contribution >= 0.6 is 12.4 Å². The quantitative estimate of drug-likeness (QED) is 0.700. The zero-order valence-corrected chi connectivity index (χ0v) is 16.3. The molecule has 7 heteroatoms. The summed E-state index contributed by atoms with van der Waals surface area (Å²) in [7, 11) is 0. The number of rotatable bonds is 5. The maximum atomic E-state index is 5.88. The number of hydrogen-bond donors (Lipinski definition) is 1. The van der Waals surface area contributed by atoms with Gasteiger partial charge in [-0.25, -0.2) is 0 Å². The van der Waals surface area contributed by atoms with E-state index in [4.69, 9.17) is 9.26 Å². The Morgan fingerprint density at radius 1 is 1.18 bits per heavy atom. The van der Waals surface area contributed by atoms with Crippen LogP contribution in [0.2, 0.25) is 0 Å². The molecule has 6 nitrogen and oxygen atoms in total. The van der Waals surface area contributed by atoms with Crippen LogP contribution in [0.4, 0.5) is 0 Å². The van der Waals surface area contributed by atoms with Gasteiger partial charge >= 0.3 is 0 Å². The van der Waals surface area contributed by atoms with Crippen LogP contribution in [-0.4, -0.2) is 28.2 Å². The molecule has 1 aliphatic heterocycles. The van der Waals surface area contributed by atoms with E-state index in [9.17, 15) is 0 Å². The molecule has 1 N–H and O–H groups in total. The smallest absolute Gasteiger partial charge is 0.230 e. The second-order valence-electron chi connectivity index (χ2n) is 7.50. The van der Waals surface area contributed by atoms with Crippen molar-refractivity contribution in [1.82, 2.24) is 20.4 Å². The highest BCUT2D eigenvalue weighted by molar-refractivity contribution is 5.85. The van der Waals surface area contributed by atoms with Crippen molar-refractivity contribution in [3.63, 3.8) is 0 Å². The number of pyridine rings is 1. The summed E-state index contributed by atoms with van der Waals surface area (Å²) >= 11 is 0. The molecule has 3 aromatic rings. The molecule has 2 aliphatic rings. The van der Waals surface area contributed by atoms with Crippen molar-refractivity contribution in [3.05, 3.63) is 60.2 Å². The Kier molecular flexibility index (Phi) is 5.33. The SMILES string of the molecule is Cl.c1cncc(COc2cccc(-c3noc(C4CC45CCNCC5)n3)c2)c1. The number of benzene rings is 1. The van der Waals surface area contributed by atoms with Gasteiger partial charge in [-0.2, -0.15) is 4.98 Å². The fraction of sp³-hybridized carbons (Fsp3) is 0.381. The van der Waals surface area contributed by atoms with Crippen LogP contribution in [0.1, 0.15) is 36.6 Å². The average molecular weight is 399 g/mol. The van der Waals surface area contributed by atoms with Gasteiger partial charge in [-0.3, -0.25) is 4.98 Å². The van der Waals surface area contributed by atoms with Gasteiger partial charge in [-0.1, -0.05) is 23.4 Å². The summed E-state index contributed by atoms with van der Waals surface area (Å²) in [4.78, 5) is 8.79. The summed E-state index contributed by atoms with van der Waals surface area (Å²) in [6.07, 6.45) is 7.14. The molecule has 1 unspecified atom stereocenters. The number of aromatic nitrogens is 3. The third-order valence-corrected chi connectivity index (χ3v) is 5.75. The second kappa shape index (κ2) is 7.89. The number of nitrogens with one attached hydrogen (secondary N) is 1. The van der Waals surface area contributed by atoms with Crippen molar-refractivity contribution < 1.29 is 9.26 Å². The standard InChI is InChI=1S/C21H22N4O2.ClH/c1-4-16(11-17(5-1)26-14-15-3-2-8-23-13-15)19-24-20(27-25-19)18-12-21(18)6-9-22-10-7-21;/h1-5,8,11,13,18,22H,6-7,9-10,12,14H2;1H. The van der Waals surface area contributed by atoms with Crippen LogP contribution in [0.3, 0.4) is 0 Å². The van der Waals surface area contributed by atoms with Crippen LogP contribution in [0, 0.1) is 5.41 Å². The summed E-state index contributed by atoms with van der Waals surface area (Å²) in [5.74, 6) is 2.62. The zero-order valence-electron chi connectivity index (χ0n) is 15.5. The van der Waals surface area contributed by atoms with Gasteiger partial charge in [-0.15, -0.1) is 12.4 Å². The Labute approximate surface area is 170 Å². The highest BCUT2D eigenvalue weighted by Gasteiger charge is 2.57. The second-order valence-corrected chi connectivity index (χ2v) is 7.50. The Bertz CT molecular complexity index is 925. The predicted molar refractivity (Wildman–Crippen MR) is 107 cm³/mol. The summed E-state index contributed by atoms with van der Waals surface area (Å²) in [6.45, 7) is 2.66. The molecule has 28 heavy (non-hydrogen) atoms. The first kappa shape index (κ1) is 18.9. The fourth-order valence-electron chi connectivity index (χ4n) is 4.04. The molecule has 0 bridgehead atoms. The van der Waals surface area contributed by atoms with Gasteiger partial charge in [0, 0.05) is 29.4 Å². The maximum Gasteiger partial charge on any atom is 0.230 e. The van der Waals surface area contributed by atoms with Crippen molar-refractivity contribution in [3.8, 4) is 17.1 Å². The minimum Gasteiger partial charge on any atom is -0.489 e. The highest BCUT2D eigenvalue weighted by atomic mass is 35.5. The lowest BCUT2D eigenvalue weighted by molar-refractivity contribution is 0.306. The molecule has 1 aromatic carbocycles. The van der Waals surface area contributed by atoms with Crippen LogP contribution < -0.4 is 10.1 Å². The van der Waals surface area contributed by atoms with E-state index in [-0.39, 0.29) is 12.4 Å². The Balaban J connectivity index is 0.00000192. The maximum absolute atomic E-state index is 5.88. The number of ether oxygens (including phenoxy) is 1. The molecule has 1 aliphatic carbocycles. The highest BCUT2D eigenvalue weighted by Crippen LogP contribution is 2.63. The first-order valence-corrected chi connectivity index (χ1v) is 9.49. The van der Waals surface area contributed by atoms with Gasteiger partial charge in [0.25, 0.3) is 0 Å². The van der Waals surface area contributed by atoms with Crippen molar-refractivity contribution >= 4 is 12.4 Å². The van der Waals surface area contributed by atoms with E-state index >= 15 is 0 Å². The molecule has 146 valence electrons.